The van der Waals surface area contributed by atoms with Gasteiger partial charge in [0.2, 0.25) is 0 Å². The molecular formula is C17H18BrNO4S. The summed E-state index contributed by atoms with van der Waals surface area (Å²) in [6.07, 6.45) is 1.53. The van der Waals surface area contributed by atoms with Gasteiger partial charge in [-0.25, -0.2) is 8.42 Å². The standard InChI is InChI=1S/C17H18BrNO4S/c1-4-11-19(14-7-10-16(22-2)17(12-14)23-3)24(20,21)15-8-5-13(18)6-9-15/h4-10,12H,1,11H2,2-3H3. The monoisotopic (exact) mass is 411 g/mol. The van der Waals surface area contributed by atoms with Crippen molar-refractivity contribution in [2.75, 3.05) is 25.1 Å². The van der Waals surface area contributed by atoms with E-state index in [0.717, 1.165) is 4.47 Å². The Hall–Kier alpha value is -1.99. The number of anilines is 1. The molecule has 0 bridgehead atoms. The summed E-state index contributed by atoms with van der Waals surface area (Å²) in [7, 11) is -0.705. The molecule has 128 valence electrons. The Kier molecular flexibility index (Phi) is 5.90. The summed E-state index contributed by atoms with van der Waals surface area (Å²) in [5, 5.41) is 0. The zero-order valence-corrected chi connectivity index (χ0v) is 15.8. The molecule has 0 aromatic heterocycles. The van der Waals surface area contributed by atoms with Gasteiger partial charge in [0.15, 0.2) is 11.5 Å². The molecule has 0 saturated carbocycles. The topological polar surface area (TPSA) is 55.8 Å². The quantitative estimate of drug-likeness (QED) is 0.649. The first-order valence-electron chi connectivity index (χ1n) is 7.05. The van der Waals surface area contributed by atoms with Gasteiger partial charge in [-0.1, -0.05) is 22.0 Å². The highest BCUT2D eigenvalue weighted by atomic mass is 79.9. The Balaban J connectivity index is 2.52. The fourth-order valence-corrected chi connectivity index (χ4v) is 3.87. The van der Waals surface area contributed by atoms with Crippen LogP contribution in [0, 0.1) is 0 Å². The van der Waals surface area contributed by atoms with Gasteiger partial charge < -0.3 is 9.47 Å². The molecule has 0 aliphatic carbocycles. The lowest BCUT2D eigenvalue weighted by Crippen LogP contribution is -2.31. The molecule has 0 radical (unpaired) electrons. The number of hydrogen-bond donors (Lipinski definition) is 0. The van der Waals surface area contributed by atoms with E-state index in [-0.39, 0.29) is 11.4 Å². The van der Waals surface area contributed by atoms with Crippen LogP contribution in [-0.2, 0) is 10.0 Å². The van der Waals surface area contributed by atoms with E-state index in [0.29, 0.717) is 17.2 Å². The zero-order valence-electron chi connectivity index (χ0n) is 13.4. The molecule has 24 heavy (non-hydrogen) atoms. The summed E-state index contributed by atoms with van der Waals surface area (Å²) in [4.78, 5) is 0.197. The van der Waals surface area contributed by atoms with Crippen LogP contribution < -0.4 is 13.8 Å². The molecule has 2 aromatic rings. The SMILES string of the molecule is C=CCN(c1ccc(OC)c(OC)c1)S(=O)(=O)c1ccc(Br)cc1. The minimum atomic E-state index is -3.73. The van der Waals surface area contributed by atoms with E-state index in [1.54, 1.807) is 42.5 Å². The van der Waals surface area contributed by atoms with E-state index in [1.807, 2.05) is 0 Å². The molecule has 0 N–H and O–H groups in total. The Bertz CT molecular complexity index is 819. The van der Waals surface area contributed by atoms with Crippen LogP contribution in [0.1, 0.15) is 0 Å². The maximum absolute atomic E-state index is 13.0. The molecule has 0 fully saturated rings. The van der Waals surface area contributed by atoms with Gasteiger partial charge in [0, 0.05) is 10.5 Å². The van der Waals surface area contributed by atoms with E-state index >= 15 is 0 Å². The lowest BCUT2D eigenvalue weighted by Gasteiger charge is -2.24. The van der Waals surface area contributed by atoms with Crippen molar-refractivity contribution >= 4 is 31.6 Å². The Morgan fingerprint density at radius 2 is 1.71 bits per heavy atom. The van der Waals surface area contributed by atoms with Crippen LogP contribution in [0.4, 0.5) is 5.69 Å². The predicted molar refractivity (Wildman–Crippen MR) is 98.4 cm³/mol. The fraction of sp³-hybridized carbons (Fsp3) is 0.176. The smallest absolute Gasteiger partial charge is 0.264 e. The van der Waals surface area contributed by atoms with Gasteiger partial charge in [-0.05, 0) is 36.4 Å². The zero-order chi connectivity index (χ0) is 17.7. The van der Waals surface area contributed by atoms with Crippen molar-refractivity contribution in [3.8, 4) is 11.5 Å². The van der Waals surface area contributed by atoms with Crippen molar-refractivity contribution in [3.63, 3.8) is 0 Å². The van der Waals surface area contributed by atoms with Gasteiger partial charge in [-0.2, -0.15) is 0 Å². The number of nitrogens with zero attached hydrogens (tertiary/aromatic N) is 1. The summed E-state index contributed by atoms with van der Waals surface area (Å²) < 4.78 is 38.5. The number of methoxy groups -OCH3 is 2. The maximum atomic E-state index is 13.0. The third-order valence-electron chi connectivity index (χ3n) is 3.35. The molecule has 5 nitrogen and oxygen atoms in total. The summed E-state index contributed by atoms with van der Waals surface area (Å²) in [6, 6.07) is 11.4. The van der Waals surface area contributed by atoms with Crippen LogP contribution in [0.2, 0.25) is 0 Å². The second-order valence-corrected chi connectivity index (χ2v) is 7.60. The fourth-order valence-electron chi connectivity index (χ4n) is 2.17. The first-order valence-corrected chi connectivity index (χ1v) is 9.28. The van der Waals surface area contributed by atoms with Crippen molar-refractivity contribution < 1.29 is 17.9 Å². The van der Waals surface area contributed by atoms with E-state index < -0.39 is 10.0 Å². The molecule has 0 amide bonds. The maximum Gasteiger partial charge on any atom is 0.264 e. The van der Waals surface area contributed by atoms with Crippen molar-refractivity contribution in [2.45, 2.75) is 4.90 Å². The minimum Gasteiger partial charge on any atom is -0.493 e. The molecule has 0 aliphatic heterocycles. The summed E-state index contributed by atoms with van der Waals surface area (Å²) in [6.45, 7) is 3.79. The van der Waals surface area contributed by atoms with E-state index in [2.05, 4.69) is 22.5 Å². The van der Waals surface area contributed by atoms with Crippen LogP contribution in [0.5, 0.6) is 11.5 Å². The second-order valence-electron chi connectivity index (χ2n) is 4.82. The summed E-state index contributed by atoms with van der Waals surface area (Å²) in [5.74, 6) is 0.982. The lowest BCUT2D eigenvalue weighted by molar-refractivity contribution is 0.355. The largest absolute Gasteiger partial charge is 0.493 e. The van der Waals surface area contributed by atoms with E-state index in [9.17, 15) is 8.42 Å². The molecule has 0 aliphatic rings. The molecule has 0 saturated heterocycles. The number of sulfonamides is 1. The Labute approximate surface area is 150 Å². The van der Waals surface area contributed by atoms with Crippen LogP contribution in [0.15, 0.2) is 64.5 Å². The first kappa shape index (κ1) is 18.4. The molecular weight excluding hydrogens is 394 g/mol. The van der Waals surface area contributed by atoms with Gasteiger partial charge in [0.25, 0.3) is 10.0 Å². The normalized spacial score (nSPS) is 11.0. The van der Waals surface area contributed by atoms with Crippen molar-refractivity contribution in [2.24, 2.45) is 0 Å². The Morgan fingerprint density at radius 1 is 1.08 bits per heavy atom. The van der Waals surface area contributed by atoms with Crippen molar-refractivity contribution in [3.05, 3.63) is 59.6 Å². The van der Waals surface area contributed by atoms with Crippen LogP contribution in [-0.4, -0.2) is 29.2 Å². The lowest BCUT2D eigenvalue weighted by atomic mass is 10.2. The number of rotatable bonds is 7. The van der Waals surface area contributed by atoms with Gasteiger partial charge in [0.1, 0.15) is 0 Å². The van der Waals surface area contributed by atoms with E-state index in [1.165, 1.54) is 24.6 Å². The highest BCUT2D eigenvalue weighted by Gasteiger charge is 2.25. The average Bonchev–Trinajstić information content (AvgIpc) is 2.59. The average molecular weight is 412 g/mol. The molecule has 2 rings (SSSR count). The van der Waals surface area contributed by atoms with Gasteiger partial charge in [0.05, 0.1) is 31.3 Å². The summed E-state index contributed by atoms with van der Waals surface area (Å²) in [5.41, 5.74) is 0.468. The highest BCUT2D eigenvalue weighted by molar-refractivity contribution is 9.10. The number of ether oxygens (including phenoxy) is 2. The highest BCUT2D eigenvalue weighted by Crippen LogP contribution is 2.33. The Morgan fingerprint density at radius 3 is 2.25 bits per heavy atom. The molecule has 0 heterocycles. The van der Waals surface area contributed by atoms with Crippen LogP contribution in [0.25, 0.3) is 0 Å². The van der Waals surface area contributed by atoms with E-state index in [4.69, 9.17) is 9.47 Å². The molecule has 7 heteroatoms. The van der Waals surface area contributed by atoms with Gasteiger partial charge in [-0.3, -0.25) is 4.31 Å². The first-order chi connectivity index (χ1) is 11.4. The third-order valence-corrected chi connectivity index (χ3v) is 5.69. The second kappa shape index (κ2) is 7.72. The summed E-state index contributed by atoms with van der Waals surface area (Å²) >= 11 is 3.30. The number of hydrogen-bond acceptors (Lipinski definition) is 4. The number of benzene rings is 2. The molecule has 0 unspecified atom stereocenters. The third kappa shape index (κ3) is 3.73. The van der Waals surface area contributed by atoms with Crippen molar-refractivity contribution in [1.82, 2.24) is 0 Å². The van der Waals surface area contributed by atoms with Crippen LogP contribution >= 0.6 is 15.9 Å². The molecule has 0 atom stereocenters. The minimum absolute atomic E-state index is 0.133. The van der Waals surface area contributed by atoms with Crippen molar-refractivity contribution in [1.29, 1.82) is 0 Å². The molecule has 0 spiro atoms. The van der Waals surface area contributed by atoms with Gasteiger partial charge in [-0.15, -0.1) is 6.58 Å². The number of halogens is 1. The van der Waals surface area contributed by atoms with Crippen LogP contribution in [0.3, 0.4) is 0 Å². The van der Waals surface area contributed by atoms with Gasteiger partial charge >= 0.3 is 0 Å². The predicted octanol–water partition coefficient (Wildman–Crippen LogP) is 3.85. The molecule has 2 aromatic carbocycles.